The van der Waals surface area contributed by atoms with Crippen molar-refractivity contribution in [2.24, 2.45) is 4.99 Å². The monoisotopic (exact) mass is 69.0 g/mol. The molecule has 5 heavy (non-hydrogen) atoms. The van der Waals surface area contributed by atoms with Gasteiger partial charge in [0.25, 0.3) is 0 Å². The highest BCUT2D eigenvalue weighted by Gasteiger charge is 1.74. The molecule has 0 bridgehead atoms. The highest BCUT2D eigenvalue weighted by molar-refractivity contribution is 5.50. The molecule has 0 spiro atoms. The molecule has 0 aliphatic carbocycles. The normalized spacial score (nSPS) is 16.0. The third kappa shape index (κ3) is 0.281. The van der Waals surface area contributed by atoms with Gasteiger partial charge in [0.15, 0.2) is 6.73 Å². The number of hydrogen-bond acceptors (Lipinski definition) is 2. The van der Waals surface area contributed by atoms with Gasteiger partial charge in [-0.2, -0.15) is 4.99 Å². The average molecular weight is 69.1 g/mol. The molecule has 0 N–H and O–H groups in total. The fraction of sp³-hybridized carbons (Fsp3) is 0.333. The van der Waals surface area contributed by atoms with Gasteiger partial charge in [-0.1, -0.05) is 0 Å². The second-order valence-corrected chi connectivity index (χ2v) is 0.701. The molecule has 0 aromatic heterocycles. The highest BCUT2D eigenvalue weighted by atomic mass is 16.5. The van der Waals surface area contributed by atoms with Crippen molar-refractivity contribution in [2.75, 3.05) is 6.73 Å². The minimum absolute atomic E-state index is 0.458. The molecule has 0 saturated heterocycles. The van der Waals surface area contributed by atoms with Crippen LogP contribution in [0.2, 0.25) is 0 Å². The standard InChI is InChI=1S/C3H3NO/c1-2-5-3-4-1/h2H,3H2. The summed E-state index contributed by atoms with van der Waals surface area (Å²) in [7, 11) is 0. The Bertz CT molecular complexity index is 72.9. The fourth-order valence-electron chi connectivity index (χ4n) is 0.186. The Labute approximate surface area is 29.8 Å². The summed E-state index contributed by atoms with van der Waals surface area (Å²) in [5, 5.41) is 0. The number of rotatable bonds is 0. The van der Waals surface area contributed by atoms with E-state index in [1.54, 1.807) is 0 Å². The number of hydrogen-bond donors (Lipinski definition) is 0. The Balaban J connectivity index is 2.64. The molecule has 1 aliphatic rings. The summed E-state index contributed by atoms with van der Waals surface area (Å²) in [6.07, 6.45) is 1.44. The molecule has 0 atom stereocenters. The summed E-state index contributed by atoms with van der Waals surface area (Å²) in [6, 6.07) is 0. The van der Waals surface area contributed by atoms with Crippen LogP contribution in [0.15, 0.2) is 11.3 Å². The van der Waals surface area contributed by atoms with Crippen molar-refractivity contribution in [1.29, 1.82) is 0 Å². The first kappa shape index (κ1) is 2.49. The van der Waals surface area contributed by atoms with Crippen LogP contribution in [0, 0.1) is 0 Å². The summed E-state index contributed by atoms with van der Waals surface area (Å²) in [4.78, 5) is 3.56. The molecule has 26 valence electrons. The van der Waals surface area contributed by atoms with E-state index in [-0.39, 0.29) is 0 Å². The Kier molecular flexibility index (Phi) is 0.453. The van der Waals surface area contributed by atoms with Crippen LogP contribution in [-0.2, 0) is 4.74 Å². The SMILES string of the molecule is C1=COCN=1. The first-order chi connectivity index (χ1) is 2.50. The van der Waals surface area contributed by atoms with Crippen molar-refractivity contribution in [3.8, 4) is 0 Å². The van der Waals surface area contributed by atoms with Crippen LogP contribution in [0.25, 0.3) is 0 Å². The molecule has 2 nitrogen and oxygen atoms in total. The summed E-state index contributed by atoms with van der Waals surface area (Å²) >= 11 is 0. The van der Waals surface area contributed by atoms with Gasteiger partial charge in [-0.05, 0) is 0 Å². The maximum Gasteiger partial charge on any atom is 0.187 e. The van der Waals surface area contributed by atoms with Gasteiger partial charge < -0.3 is 4.74 Å². The van der Waals surface area contributed by atoms with Crippen LogP contribution in [0.5, 0.6) is 0 Å². The van der Waals surface area contributed by atoms with E-state index in [2.05, 4.69) is 15.6 Å². The maximum atomic E-state index is 4.54. The van der Waals surface area contributed by atoms with Crippen molar-refractivity contribution >= 4 is 5.87 Å². The lowest BCUT2D eigenvalue weighted by Gasteiger charge is -1.76. The lowest BCUT2D eigenvalue weighted by atomic mass is 11.1. The molecule has 0 aromatic rings. The van der Waals surface area contributed by atoms with Crippen molar-refractivity contribution < 1.29 is 4.74 Å². The summed E-state index contributed by atoms with van der Waals surface area (Å²) in [5.74, 6) is 2.50. The molecule has 0 aromatic carbocycles. The predicted octanol–water partition coefficient (Wildman–Crippen LogP) is 0.158. The minimum atomic E-state index is 0.458. The molecular formula is C3H3NO. The topological polar surface area (TPSA) is 21.6 Å². The largest absolute Gasteiger partial charge is 0.468 e. The van der Waals surface area contributed by atoms with E-state index in [1.165, 1.54) is 6.26 Å². The van der Waals surface area contributed by atoms with E-state index in [4.69, 9.17) is 0 Å². The molecule has 1 aliphatic heterocycles. The van der Waals surface area contributed by atoms with E-state index >= 15 is 0 Å². The van der Waals surface area contributed by atoms with Crippen molar-refractivity contribution in [3.63, 3.8) is 0 Å². The molecule has 0 fully saturated rings. The first-order valence-corrected chi connectivity index (χ1v) is 1.35. The molecule has 0 radical (unpaired) electrons. The third-order valence-electron chi connectivity index (χ3n) is 0.366. The Morgan fingerprint density at radius 1 is 2.00 bits per heavy atom. The van der Waals surface area contributed by atoms with Gasteiger partial charge in [0.1, 0.15) is 6.26 Å². The second kappa shape index (κ2) is 0.911. The van der Waals surface area contributed by atoms with E-state index < -0.39 is 0 Å². The lowest BCUT2D eigenvalue weighted by Crippen LogP contribution is -1.68. The number of aliphatic imine (C=N–C) groups is 1. The molecule has 0 saturated carbocycles. The van der Waals surface area contributed by atoms with Crippen LogP contribution >= 0.6 is 0 Å². The van der Waals surface area contributed by atoms with Gasteiger partial charge in [0, 0.05) is 5.87 Å². The Morgan fingerprint density at radius 2 is 3.00 bits per heavy atom. The van der Waals surface area contributed by atoms with Crippen molar-refractivity contribution in [1.82, 2.24) is 0 Å². The van der Waals surface area contributed by atoms with Crippen LogP contribution in [-0.4, -0.2) is 12.6 Å². The van der Waals surface area contributed by atoms with Gasteiger partial charge >= 0.3 is 0 Å². The minimum Gasteiger partial charge on any atom is -0.468 e. The first-order valence-electron chi connectivity index (χ1n) is 1.35. The molecule has 0 unspecified atom stereocenters. The van der Waals surface area contributed by atoms with E-state index in [0.717, 1.165) is 0 Å². The molecular weight excluding hydrogens is 66.0 g/mol. The summed E-state index contributed by atoms with van der Waals surface area (Å²) in [5.41, 5.74) is 0. The van der Waals surface area contributed by atoms with E-state index in [1.807, 2.05) is 0 Å². The summed E-state index contributed by atoms with van der Waals surface area (Å²) in [6.45, 7) is 0.458. The molecule has 2 heteroatoms. The maximum absolute atomic E-state index is 4.54. The third-order valence-corrected chi connectivity index (χ3v) is 0.366. The number of nitrogens with zero attached hydrogens (tertiary/aromatic N) is 1. The van der Waals surface area contributed by atoms with Gasteiger partial charge in [0.2, 0.25) is 0 Å². The molecule has 1 rings (SSSR count). The second-order valence-electron chi connectivity index (χ2n) is 0.701. The quantitative estimate of drug-likeness (QED) is 0.397. The average Bonchev–Trinajstić information content (AvgIpc) is 1.76. The molecule has 0 amide bonds. The van der Waals surface area contributed by atoms with Gasteiger partial charge in [-0.3, -0.25) is 0 Å². The zero-order valence-electron chi connectivity index (χ0n) is 2.64. The van der Waals surface area contributed by atoms with Crippen LogP contribution in [0.1, 0.15) is 0 Å². The Hall–Kier alpha value is -0.750. The van der Waals surface area contributed by atoms with E-state index in [9.17, 15) is 0 Å². The van der Waals surface area contributed by atoms with Crippen molar-refractivity contribution in [2.45, 2.75) is 0 Å². The number of ether oxygens (including phenoxy) is 1. The van der Waals surface area contributed by atoms with Crippen LogP contribution < -0.4 is 0 Å². The van der Waals surface area contributed by atoms with Crippen molar-refractivity contribution in [3.05, 3.63) is 6.26 Å². The van der Waals surface area contributed by atoms with Gasteiger partial charge in [0.05, 0.1) is 0 Å². The summed E-state index contributed by atoms with van der Waals surface area (Å²) < 4.78 is 4.54. The zero-order chi connectivity index (χ0) is 3.54. The smallest absolute Gasteiger partial charge is 0.187 e. The predicted molar refractivity (Wildman–Crippen MR) is 18.0 cm³/mol. The van der Waals surface area contributed by atoms with Crippen LogP contribution in [0.4, 0.5) is 0 Å². The highest BCUT2D eigenvalue weighted by Crippen LogP contribution is 1.77. The van der Waals surface area contributed by atoms with Gasteiger partial charge in [-0.15, -0.1) is 0 Å². The molecule has 1 heterocycles. The van der Waals surface area contributed by atoms with Crippen LogP contribution in [0.3, 0.4) is 0 Å². The fourth-order valence-corrected chi connectivity index (χ4v) is 0.186. The van der Waals surface area contributed by atoms with Gasteiger partial charge in [-0.25, -0.2) is 0 Å². The Morgan fingerprint density at radius 3 is 3.20 bits per heavy atom. The van der Waals surface area contributed by atoms with E-state index in [0.29, 0.717) is 6.73 Å². The zero-order valence-corrected chi connectivity index (χ0v) is 2.64. The lowest BCUT2D eigenvalue weighted by molar-refractivity contribution is 0.278.